The molecule has 2 nitrogen and oxygen atoms in total. The molecule has 18 heavy (non-hydrogen) atoms. The van der Waals surface area contributed by atoms with Crippen LogP contribution in [0.25, 0.3) is 11.0 Å². The first-order valence-electron chi connectivity index (χ1n) is 4.71. The van der Waals surface area contributed by atoms with Crippen LogP contribution in [0.15, 0.2) is 16.5 Å². The predicted molar refractivity (Wildman–Crippen MR) is 51.3 cm³/mol. The van der Waals surface area contributed by atoms with Gasteiger partial charge < -0.3 is 4.42 Å². The topological polar surface area (TPSA) is 30.2 Å². The number of fused-ring (bicyclic) bond motifs is 1. The smallest absolute Gasteiger partial charge is 0.455 e. The molecule has 1 aromatic heterocycles. The monoisotopic (exact) mass is 264 g/mol. The number of Topliss-reactive ketones (excluding diaryl/α,β-unsaturated/α-hetero) is 1. The molecule has 0 spiro atoms. The van der Waals surface area contributed by atoms with Crippen LogP contribution in [-0.4, -0.2) is 12.0 Å². The molecule has 0 bridgehead atoms. The average Bonchev–Trinajstić information content (AvgIpc) is 2.52. The van der Waals surface area contributed by atoms with Crippen molar-refractivity contribution in [3.63, 3.8) is 0 Å². The van der Waals surface area contributed by atoms with E-state index in [1.807, 2.05) is 0 Å². The molecular weight excluding hydrogens is 259 g/mol. The Bertz CT molecular complexity index is 639. The molecule has 0 atom stereocenters. The summed E-state index contributed by atoms with van der Waals surface area (Å²) in [6.07, 6.45) is -5.13. The first kappa shape index (κ1) is 12.5. The van der Waals surface area contributed by atoms with Crippen molar-refractivity contribution in [1.82, 2.24) is 0 Å². The van der Waals surface area contributed by atoms with Crippen molar-refractivity contribution < 1.29 is 31.2 Å². The third-order valence-corrected chi connectivity index (χ3v) is 2.37. The highest BCUT2D eigenvalue weighted by atomic mass is 19.4. The first-order chi connectivity index (χ1) is 8.21. The zero-order valence-electron chi connectivity index (χ0n) is 8.86. The molecule has 96 valence electrons. The van der Waals surface area contributed by atoms with Gasteiger partial charge in [-0.25, -0.2) is 8.78 Å². The van der Waals surface area contributed by atoms with Gasteiger partial charge in [-0.1, -0.05) is 0 Å². The number of ketones is 1. The lowest BCUT2D eigenvalue weighted by molar-refractivity contribution is -0.0885. The maximum absolute atomic E-state index is 13.3. The molecule has 0 saturated heterocycles. The lowest BCUT2D eigenvalue weighted by atomic mass is 10.1. The minimum atomic E-state index is -5.13. The number of alkyl halides is 3. The third kappa shape index (κ3) is 1.85. The van der Waals surface area contributed by atoms with Gasteiger partial charge in [-0.15, -0.1) is 0 Å². The zero-order chi connectivity index (χ0) is 13.7. The molecule has 0 amide bonds. The zero-order valence-corrected chi connectivity index (χ0v) is 8.86. The number of carbonyl (C=O) groups excluding carboxylic acids is 1. The second kappa shape index (κ2) is 3.79. The molecule has 1 heterocycles. The summed E-state index contributed by atoms with van der Waals surface area (Å²) >= 11 is 0. The summed E-state index contributed by atoms with van der Waals surface area (Å²) in [4.78, 5) is 11.2. The summed E-state index contributed by atoms with van der Waals surface area (Å²) in [6, 6.07) is 1.10. The highest BCUT2D eigenvalue weighted by Crippen LogP contribution is 2.33. The Morgan fingerprint density at radius 2 is 1.83 bits per heavy atom. The number of hydrogen-bond acceptors (Lipinski definition) is 2. The molecule has 0 radical (unpaired) electrons. The summed E-state index contributed by atoms with van der Waals surface area (Å²) in [6.45, 7) is 1.08. The van der Waals surface area contributed by atoms with Crippen molar-refractivity contribution in [3.8, 4) is 0 Å². The molecule has 0 unspecified atom stereocenters. The van der Waals surface area contributed by atoms with Crippen LogP contribution in [0.5, 0.6) is 0 Å². The number of halogens is 5. The van der Waals surface area contributed by atoms with Gasteiger partial charge in [-0.2, -0.15) is 13.2 Å². The van der Waals surface area contributed by atoms with Crippen LogP contribution >= 0.6 is 0 Å². The maximum Gasteiger partial charge on any atom is 0.455 e. The van der Waals surface area contributed by atoms with Crippen LogP contribution in [0.2, 0.25) is 0 Å². The van der Waals surface area contributed by atoms with Gasteiger partial charge in [-0.3, -0.25) is 4.79 Å². The Kier molecular flexibility index (Phi) is 2.64. The molecule has 0 fully saturated rings. The van der Waals surface area contributed by atoms with E-state index < -0.39 is 45.9 Å². The summed E-state index contributed by atoms with van der Waals surface area (Å²) in [7, 11) is 0. The number of hydrogen-bond donors (Lipinski definition) is 0. The van der Waals surface area contributed by atoms with E-state index in [-0.39, 0.29) is 0 Å². The van der Waals surface area contributed by atoms with Gasteiger partial charge in [0.05, 0.1) is 5.56 Å². The second-order valence-corrected chi connectivity index (χ2v) is 3.62. The first-order valence-corrected chi connectivity index (χ1v) is 4.71. The lowest BCUT2D eigenvalue weighted by Gasteiger charge is -2.04. The Hall–Kier alpha value is -1.92. The van der Waals surface area contributed by atoms with Gasteiger partial charge in [0.25, 0.3) is 5.78 Å². The van der Waals surface area contributed by atoms with E-state index in [1.165, 1.54) is 0 Å². The van der Waals surface area contributed by atoms with Crippen LogP contribution < -0.4 is 0 Å². The van der Waals surface area contributed by atoms with Crippen molar-refractivity contribution in [2.24, 2.45) is 0 Å². The van der Waals surface area contributed by atoms with Crippen LogP contribution in [0, 0.1) is 18.6 Å². The van der Waals surface area contributed by atoms with Crippen LogP contribution in [0.4, 0.5) is 22.0 Å². The normalized spacial score (nSPS) is 12.1. The van der Waals surface area contributed by atoms with Gasteiger partial charge >= 0.3 is 6.18 Å². The van der Waals surface area contributed by atoms with Crippen molar-refractivity contribution in [2.75, 3.05) is 0 Å². The third-order valence-electron chi connectivity index (χ3n) is 2.37. The Balaban J connectivity index is 2.79. The summed E-state index contributed by atoms with van der Waals surface area (Å²) in [5.74, 6) is -4.84. The minimum absolute atomic E-state index is 0.406. The van der Waals surface area contributed by atoms with E-state index in [2.05, 4.69) is 0 Å². The van der Waals surface area contributed by atoms with Crippen molar-refractivity contribution >= 4 is 16.8 Å². The molecule has 2 aromatic rings. The summed E-state index contributed by atoms with van der Waals surface area (Å²) in [5, 5.41) is -0.521. The standard InChI is InChI=1S/C11H5F5O2/c1-4-8(10(17)11(14,15)16)6-2-5(12)3-7(13)9(6)18-4/h2-3H,1H3. The maximum atomic E-state index is 13.3. The second-order valence-electron chi connectivity index (χ2n) is 3.62. The van der Waals surface area contributed by atoms with Crippen molar-refractivity contribution in [3.05, 3.63) is 35.1 Å². The van der Waals surface area contributed by atoms with Crippen LogP contribution in [-0.2, 0) is 0 Å². The van der Waals surface area contributed by atoms with Gasteiger partial charge in [0.2, 0.25) is 0 Å². The molecule has 7 heteroatoms. The highest BCUT2D eigenvalue weighted by Gasteiger charge is 2.42. The van der Waals surface area contributed by atoms with E-state index >= 15 is 0 Å². The van der Waals surface area contributed by atoms with Gasteiger partial charge in [0, 0.05) is 11.5 Å². The molecule has 2 rings (SSSR count). The molecule has 0 aliphatic rings. The van der Waals surface area contributed by atoms with Gasteiger partial charge in [0.1, 0.15) is 11.6 Å². The van der Waals surface area contributed by atoms with E-state index in [0.717, 1.165) is 6.92 Å². The number of rotatable bonds is 1. The fourth-order valence-electron chi connectivity index (χ4n) is 1.67. The van der Waals surface area contributed by atoms with Crippen molar-refractivity contribution in [2.45, 2.75) is 13.1 Å². The van der Waals surface area contributed by atoms with Crippen LogP contribution in [0.1, 0.15) is 16.1 Å². The molecule has 0 saturated carbocycles. The molecule has 0 aliphatic carbocycles. The number of aryl methyl sites for hydroxylation is 1. The minimum Gasteiger partial charge on any atom is -0.457 e. The highest BCUT2D eigenvalue weighted by molar-refractivity contribution is 6.11. The lowest BCUT2D eigenvalue weighted by Crippen LogP contribution is -2.23. The van der Waals surface area contributed by atoms with Crippen LogP contribution in [0.3, 0.4) is 0 Å². The quantitative estimate of drug-likeness (QED) is 0.579. The van der Waals surface area contributed by atoms with Gasteiger partial charge in [0.15, 0.2) is 11.4 Å². The number of benzene rings is 1. The fraction of sp³-hybridized carbons (Fsp3) is 0.182. The Morgan fingerprint density at radius 1 is 1.22 bits per heavy atom. The molecule has 1 aromatic carbocycles. The number of furan rings is 1. The SMILES string of the molecule is Cc1oc2c(F)cc(F)cc2c1C(=O)C(F)(F)F. The van der Waals surface area contributed by atoms with E-state index in [4.69, 9.17) is 4.42 Å². The van der Waals surface area contributed by atoms with E-state index in [0.29, 0.717) is 12.1 Å². The Morgan fingerprint density at radius 3 is 2.39 bits per heavy atom. The summed E-state index contributed by atoms with van der Waals surface area (Å²) < 4.78 is 68.0. The molecular formula is C11H5F5O2. The fourth-order valence-corrected chi connectivity index (χ4v) is 1.67. The van der Waals surface area contributed by atoms with E-state index in [1.54, 1.807) is 0 Å². The summed E-state index contributed by atoms with van der Waals surface area (Å²) in [5.41, 5.74) is -1.43. The molecule has 0 aliphatic heterocycles. The van der Waals surface area contributed by atoms with Crippen molar-refractivity contribution in [1.29, 1.82) is 0 Å². The average molecular weight is 264 g/mol. The molecule has 0 N–H and O–H groups in total. The number of carbonyl (C=O) groups is 1. The predicted octanol–water partition coefficient (Wildman–Crippen LogP) is 3.76. The van der Waals surface area contributed by atoms with E-state index in [9.17, 15) is 26.7 Å². The largest absolute Gasteiger partial charge is 0.457 e. The van der Waals surface area contributed by atoms with Gasteiger partial charge in [-0.05, 0) is 13.0 Å². The Labute approximate surface area is 97.0 Å².